The number of nitrogens with one attached hydrogen (secondary N) is 1. The summed E-state index contributed by atoms with van der Waals surface area (Å²) in [5, 5.41) is 5.77. The van der Waals surface area contributed by atoms with Gasteiger partial charge in [0, 0.05) is 34.0 Å². The molecule has 0 spiro atoms. The van der Waals surface area contributed by atoms with Gasteiger partial charge >= 0.3 is 0 Å². The standard InChI is InChI=1S/C23H19ClN2OS/c1-15-11-16(2)13-19(12-15)25-23(27)22-21(26-9-3-4-10-26)20(14-28-22)17-5-7-18(24)8-6-17/h3-14H,1-2H3,(H,25,27). The fraction of sp³-hybridized carbons (Fsp3) is 0.0870. The number of aryl methyl sites for hydroxylation is 2. The van der Waals surface area contributed by atoms with Gasteiger partial charge in [-0.25, -0.2) is 0 Å². The van der Waals surface area contributed by atoms with Crippen molar-refractivity contribution >= 4 is 34.5 Å². The Balaban J connectivity index is 1.76. The minimum atomic E-state index is -0.112. The van der Waals surface area contributed by atoms with Gasteiger partial charge in [-0.2, -0.15) is 0 Å². The van der Waals surface area contributed by atoms with Crippen LogP contribution in [-0.2, 0) is 0 Å². The average Bonchev–Trinajstić information content (AvgIpc) is 3.31. The first-order valence-corrected chi connectivity index (χ1v) is 10.2. The van der Waals surface area contributed by atoms with Gasteiger partial charge in [-0.3, -0.25) is 4.79 Å². The van der Waals surface area contributed by atoms with Crippen LogP contribution in [0.4, 0.5) is 5.69 Å². The molecule has 2 aromatic carbocycles. The van der Waals surface area contributed by atoms with Crippen LogP contribution < -0.4 is 5.32 Å². The normalized spacial score (nSPS) is 10.8. The number of halogens is 1. The molecule has 5 heteroatoms. The largest absolute Gasteiger partial charge is 0.322 e. The fourth-order valence-corrected chi connectivity index (χ4v) is 4.42. The van der Waals surface area contributed by atoms with Gasteiger partial charge in [0.1, 0.15) is 4.88 Å². The third-order valence-electron chi connectivity index (χ3n) is 4.47. The number of amides is 1. The van der Waals surface area contributed by atoms with Crippen LogP contribution in [0.1, 0.15) is 20.8 Å². The predicted octanol–water partition coefficient (Wildman–Crippen LogP) is 6.73. The molecule has 1 amide bonds. The van der Waals surface area contributed by atoms with Crippen molar-refractivity contribution in [2.24, 2.45) is 0 Å². The molecule has 0 unspecified atom stereocenters. The van der Waals surface area contributed by atoms with Gasteiger partial charge in [0.2, 0.25) is 0 Å². The molecule has 0 atom stereocenters. The summed E-state index contributed by atoms with van der Waals surface area (Å²) >= 11 is 7.49. The zero-order valence-electron chi connectivity index (χ0n) is 15.6. The lowest BCUT2D eigenvalue weighted by Gasteiger charge is -2.11. The first kappa shape index (κ1) is 18.5. The molecule has 0 radical (unpaired) electrons. The molecule has 28 heavy (non-hydrogen) atoms. The maximum atomic E-state index is 13.1. The number of thiophene rings is 1. The first-order chi connectivity index (χ1) is 13.5. The maximum absolute atomic E-state index is 13.1. The number of aromatic nitrogens is 1. The Morgan fingerprint density at radius 2 is 1.64 bits per heavy atom. The highest BCUT2D eigenvalue weighted by atomic mass is 35.5. The second kappa shape index (κ2) is 7.66. The zero-order chi connectivity index (χ0) is 19.7. The Kier molecular flexibility index (Phi) is 5.07. The Labute approximate surface area is 173 Å². The molecule has 2 heterocycles. The summed E-state index contributed by atoms with van der Waals surface area (Å²) in [4.78, 5) is 13.8. The minimum absolute atomic E-state index is 0.112. The summed E-state index contributed by atoms with van der Waals surface area (Å²) in [5.74, 6) is -0.112. The van der Waals surface area contributed by atoms with E-state index in [1.807, 2.05) is 84.7 Å². The molecule has 0 aliphatic carbocycles. The molecule has 0 saturated heterocycles. The van der Waals surface area contributed by atoms with E-state index in [1.54, 1.807) is 0 Å². The van der Waals surface area contributed by atoms with E-state index >= 15 is 0 Å². The number of hydrogen-bond donors (Lipinski definition) is 1. The van der Waals surface area contributed by atoms with Crippen LogP contribution in [0.2, 0.25) is 5.02 Å². The van der Waals surface area contributed by atoms with Crippen molar-refractivity contribution in [3.05, 3.63) is 93.4 Å². The number of anilines is 1. The lowest BCUT2D eigenvalue weighted by atomic mass is 10.1. The molecule has 4 aromatic rings. The fourth-order valence-electron chi connectivity index (χ4n) is 3.32. The van der Waals surface area contributed by atoms with E-state index in [2.05, 4.69) is 11.4 Å². The second-order valence-electron chi connectivity index (χ2n) is 6.75. The lowest BCUT2D eigenvalue weighted by molar-refractivity contribution is 0.103. The number of benzene rings is 2. The summed E-state index contributed by atoms with van der Waals surface area (Å²) in [6.07, 6.45) is 3.91. The first-order valence-electron chi connectivity index (χ1n) is 8.92. The van der Waals surface area contributed by atoms with Crippen molar-refractivity contribution in [1.29, 1.82) is 0 Å². The van der Waals surface area contributed by atoms with E-state index < -0.39 is 0 Å². The van der Waals surface area contributed by atoms with Crippen molar-refractivity contribution in [3.63, 3.8) is 0 Å². The van der Waals surface area contributed by atoms with Gasteiger partial charge in [0.25, 0.3) is 5.91 Å². The molecule has 0 bridgehead atoms. The van der Waals surface area contributed by atoms with Crippen molar-refractivity contribution < 1.29 is 4.79 Å². The topological polar surface area (TPSA) is 34.0 Å². The minimum Gasteiger partial charge on any atom is -0.322 e. The van der Waals surface area contributed by atoms with Crippen LogP contribution in [-0.4, -0.2) is 10.5 Å². The SMILES string of the molecule is Cc1cc(C)cc(NC(=O)c2scc(-c3ccc(Cl)cc3)c2-n2cccc2)c1. The van der Waals surface area contributed by atoms with Gasteiger partial charge in [-0.15, -0.1) is 11.3 Å². The van der Waals surface area contributed by atoms with Gasteiger partial charge in [0.05, 0.1) is 5.69 Å². The molecule has 2 aromatic heterocycles. The molecular weight excluding hydrogens is 388 g/mol. The molecule has 4 rings (SSSR count). The van der Waals surface area contributed by atoms with Crippen LogP contribution in [0, 0.1) is 13.8 Å². The van der Waals surface area contributed by atoms with E-state index in [-0.39, 0.29) is 5.91 Å². The third-order valence-corrected chi connectivity index (χ3v) is 5.69. The monoisotopic (exact) mass is 406 g/mol. The molecule has 140 valence electrons. The number of carbonyl (C=O) groups is 1. The summed E-state index contributed by atoms with van der Waals surface area (Å²) < 4.78 is 1.98. The van der Waals surface area contributed by atoms with Crippen LogP contribution in [0.5, 0.6) is 0 Å². The Morgan fingerprint density at radius 3 is 2.29 bits per heavy atom. The van der Waals surface area contributed by atoms with Crippen molar-refractivity contribution in [1.82, 2.24) is 4.57 Å². The molecule has 1 N–H and O–H groups in total. The highest BCUT2D eigenvalue weighted by Crippen LogP contribution is 2.36. The average molecular weight is 407 g/mol. The molecule has 0 fully saturated rings. The van der Waals surface area contributed by atoms with E-state index in [0.717, 1.165) is 33.6 Å². The summed E-state index contributed by atoms with van der Waals surface area (Å²) in [5.41, 5.74) is 5.95. The van der Waals surface area contributed by atoms with Crippen LogP contribution >= 0.6 is 22.9 Å². The van der Waals surface area contributed by atoms with Gasteiger partial charge in [0.15, 0.2) is 0 Å². The molecular formula is C23H19ClN2OS. The Bertz CT molecular complexity index is 1110. The number of hydrogen-bond acceptors (Lipinski definition) is 2. The van der Waals surface area contributed by atoms with E-state index in [4.69, 9.17) is 11.6 Å². The van der Waals surface area contributed by atoms with Crippen molar-refractivity contribution in [2.75, 3.05) is 5.32 Å². The highest BCUT2D eigenvalue weighted by molar-refractivity contribution is 7.13. The highest BCUT2D eigenvalue weighted by Gasteiger charge is 2.20. The van der Waals surface area contributed by atoms with E-state index in [0.29, 0.717) is 9.90 Å². The molecule has 3 nitrogen and oxygen atoms in total. The maximum Gasteiger partial charge on any atom is 0.267 e. The summed E-state index contributed by atoms with van der Waals surface area (Å²) in [6.45, 7) is 4.05. The summed E-state index contributed by atoms with van der Waals surface area (Å²) in [7, 11) is 0. The van der Waals surface area contributed by atoms with Crippen LogP contribution in [0.15, 0.2) is 72.4 Å². The second-order valence-corrected chi connectivity index (χ2v) is 8.07. The van der Waals surface area contributed by atoms with Gasteiger partial charge in [-0.05, 0) is 66.9 Å². The quantitative estimate of drug-likeness (QED) is 0.400. The third kappa shape index (κ3) is 3.75. The van der Waals surface area contributed by atoms with Gasteiger partial charge in [-0.1, -0.05) is 29.8 Å². The smallest absolute Gasteiger partial charge is 0.267 e. The summed E-state index contributed by atoms with van der Waals surface area (Å²) in [6, 6.07) is 17.6. The molecule has 0 aliphatic rings. The van der Waals surface area contributed by atoms with Crippen molar-refractivity contribution in [3.8, 4) is 16.8 Å². The molecule has 0 aliphatic heterocycles. The van der Waals surface area contributed by atoms with Crippen molar-refractivity contribution in [2.45, 2.75) is 13.8 Å². The van der Waals surface area contributed by atoms with Crippen LogP contribution in [0.25, 0.3) is 16.8 Å². The lowest BCUT2D eigenvalue weighted by Crippen LogP contribution is -2.13. The number of nitrogens with zero attached hydrogens (tertiary/aromatic N) is 1. The van der Waals surface area contributed by atoms with Gasteiger partial charge < -0.3 is 9.88 Å². The zero-order valence-corrected chi connectivity index (χ0v) is 17.1. The number of carbonyl (C=O) groups excluding carboxylic acids is 1. The van der Waals surface area contributed by atoms with E-state index in [1.165, 1.54) is 11.3 Å². The Morgan fingerprint density at radius 1 is 1.00 bits per heavy atom. The molecule has 0 saturated carbocycles. The van der Waals surface area contributed by atoms with Crippen LogP contribution in [0.3, 0.4) is 0 Å². The Hall–Kier alpha value is -2.82. The van der Waals surface area contributed by atoms with E-state index in [9.17, 15) is 4.79 Å². The predicted molar refractivity (Wildman–Crippen MR) is 118 cm³/mol. The number of rotatable bonds is 4.